The molecule has 2 aromatic rings. The molecule has 0 aliphatic carbocycles. The van der Waals surface area contributed by atoms with Gasteiger partial charge in [-0.3, -0.25) is 0 Å². The Morgan fingerprint density at radius 2 is 1.96 bits per heavy atom. The Labute approximate surface area is 140 Å². The Balaban J connectivity index is 2.03. The van der Waals surface area contributed by atoms with E-state index in [1.165, 1.54) is 12.1 Å². The van der Waals surface area contributed by atoms with Gasteiger partial charge in [0.2, 0.25) is 0 Å². The van der Waals surface area contributed by atoms with Crippen molar-refractivity contribution in [2.24, 2.45) is 0 Å². The first-order valence-corrected chi connectivity index (χ1v) is 7.81. The maximum atomic E-state index is 13.1. The maximum absolute atomic E-state index is 13.1. The number of rotatable bonds is 2. The van der Waals surface area contributed by atoms with Crippen molar-refractivity contribution in [3.63, 3.8) is 0 Å². The van der Waals surface area contributed by atoms with Crippen molar-refractivity contribution in [2.45, 2.75) is 38.0 Å². The molecule has 124 valence electrons. The van der Waals surface area contributed by atoms with E-state index in [1.54, 1.807) is 30.3 Å². The summed E-state index contributed by atoms with van der Waals surface area (Å²) >= 11 is 0. The third kappa shape index (κ3) is 3.34. The van der Waals surface area contributed by atoms with Crippen molar-refractivity contribution < 1.29 is 14.2 Å². The molecule has 3 rings (SSSR count). The Bertz CT molecular complexity index is 781. The quantitative estimate of drug-likeness (QED) is 0.881. The fourth-order valence-corrected chi connectivity index (χ4v) is 3.02. The smallest absolute Gasteiger partial charge is 0.125 e. The van der Waals surface area contributed by atoms with E-state index >= 15 is 0 Å². The van der Waals surface area contributed by atoms with Crippen LogP contribution in [0.15, 0.2) is 42.5 Å². The number of nitrogens with zero attached hydrogens (tertiary/aromatic N) is 1. The second-order valence-corrected chi connectivity index (χ2v) is 6.63. The zero-order chi connectivity index (χ0) is 17.3. The summed E-state index contributed by atoms with van der Waals surface area (Å²) in [4.78, 5) is 0. The summed E-state index contributed by atoms with van der Waals surface area (Å²) in [6.45, 7) is 3.83. The molecule has 1 heterocycles. The number of nitriles is 1. The van der Waals surface area contributed by atoms with E-state index in [2.05, 4.69) is 11.4 Å². The van der Waals surface area contributed by atoms with Crippen LogP contribution in [0.1, 0.15) is 37.4 Å². The van der Waals surface area contributed by atoms with Gasteiger partial charge in [-0.05, 0) is 56.3 Å². The molecule has 2 atom stereocenters. The number of fused-ring (bicyclic) bond motifs is 1. The van der Waals surface area contributed by atoms with Gasteiger partial charge in [0.15, 0.2) is 0 Å². The number of hydrogen-bond donors (Lipinski definition) is 2. The number of nitrogens with one attached hydrogen (secondary N) is 1. The molecule has 0 amide bonds. The minimum absolute atomic E-state index is 0.321. The zero-order valence-corrected chi connectivity index (χ0v) is 13.6. The van der Waals surface area contributed by atoms with Crippen LogP contribution in [0, 0.1) is 17.1 Å². The van der Waals surface area contributed by atoms with Crippen molar-refractivity contribution in [3.05, 3.63) is 59.4 Å². The van der Waals surface area contributed by atoms with E-state index in [4.69, 9.17) is 10.00 Å². The molecule has 0 saturated heterocycles. The number of halogens is 1. The SMILES string of the molecule is CC1(C)CC(O)C(Nc2ccc(F)cc2)c2cc(C#N)ccc2O1. The first-order valence-electron chi connectivity index (χ1n) is 7.81. The molecular formula is C19H19FN2O2. The van der Waals surface area contributed by atoms with E-state index in [1.807, 2.05) is 13.8 Å². The normalized spacial score (nSPS) is 21.8. The zero-order valence-electron chi connectivity index (χ0n) is 13.6. The highest BCUT2D eigenvalue weighted by Gasteiger charge is 2.36. The van der Waals surface area contributed by atoms with Crippen LogP contribution in [0.4, 0.5) is 10.1 Å². The van der Waals surface area contributed by atoms with Crippen molar-refractivity contribution in [1.82, 2.24) is 0 Å². The van der Waals surface area contributed by atoms with Crippen molar-refractivity contribution in [3.8, 4) is 11.8 Å². The molecular weight excluding hydrogens is 307 g/mol. The number of hydrogen-bond acceptors (Lipinski definition) is 4. The number of ether oxygens (including phenoxy) is 1. The Hall–Kier alpha value is -2.58. The van der Waals surface area contributed by atoms with Crippen LogP contribution in [0.3, 0.4) is 0 Å². The van der Waals surface area contributed by atoms with Crippen LogP contribution in [-0.2, 0) is 0 Å². The van der Waals surface area contributed by atoms with E-state index in [0.29, 0.717) is 23.4 Å². The lowest BCUT2D eigenvalue weighted by Gasteiger charge is -2.27. The molecule has 2 unspecified atom stereocenters. The molecule has 0 spiro atoms. The fourth-order valence-electron chi connectivity index (χ4n) is 3.02. The van der Waals surface area contributed by atoms with Crippen LogP contribution >= 0.6 is 0 Å². The van der Waals surface area contributed by atoms with E-state index < -0.39 is 17.7 Å². The van der Waals surface area contributed by atoms with Gasteiger partial charge >= 0.3 is 0 Å². The van der Waals surface area contributed by atoms with Crippen LogP contribution in [0.5, 0.6) is 5.75 Å². The van der Waals surface area contributed by atoms with Crippen molar-refractivity contribution in [2.75, 3.05) is 5.32 Å². The first kappa shape index (κ1) is 16.3. The second kappa shape index (κ2) is 6.14. The molecule has 0 bridgehead atoms. The van der Waals surface area contributed by atoms with E-state index in [0.717, 1.165) is 5.56 Å². The van der Waals surface area contributed by atoms with Gasteiger partial charge in [-0.25, -0.2) is 4.39 Å². The summed E-state index contributed by atoms with van der Waals surface area (Å²) in [5.41, 5.74) is 1.36. The largest absolute Gasteiger partial charge is 0.487 e. The number of aliphatic hydroxyl groups excluding tert-OH is 1. The van der Waals surface area contributed by atoms with Gasteiger partial charge < -0.3 is 15.2 Å². The fraction of sp³-hybridized carbons (Fsp3) is 0.316. The van der Waals surface area contributed by atoms with Crippen molar-refractivity contribution in [1.29, 1.82) is 5.26 Å². The molecule has 0 radical (unpaired) electrons. The Morgan fingerprint density at radius 1 is 1.25 bits per heavy atom. The Kier molecular flexibility index (Phi) is 4.16. The molecule has 2 aromatic carbocycles. The molecule has 0 fully saturated rings. The molecule has 1 aliphatic rings. The summed E-state index contributed by atoms with van der Waals surface area (Å²) in [5.74, 6) is 0.314. The highest BCUT2D eigenvalue weighted by atomic mass is 19.1. The van der Waals surface area contributed by atoms with Gasteiger partial charge in [0, 0.05) is 17.7 Å². The summed E-state index contributed by atoms with van der Waals surface area (Å²) in [6.07, 6.45) is -0.303. The predicted octanol–water partition coefficient (Wildman–Crippen LogP) is 3.77. The van der Waals surface area contributed by atoms with Crippen LogP contribution < -0.4 is 10.1 Å². The molecule has 5 heteroatoms. The molecule has 2 N–H and O–H groups in total. The van der Waals surface area contributed by atoms with Gasteiger partial charge in [-0.1, -0.05) is 0 Å². The molecule has 0 saturated carbocycles. The predicted molar refractivity (Wildman–Crippen MR) is 89.3 cm³/mol. The van der Waals surface area contributed by atoms with Crippen LogP contribution in [0.2, 0.25) is 0 Å². The highest BCUT2D eigenvalue weighted by molar-refractivity contribution is 5.51. The summed E-state index contributed by atoms with van der Waals surface area (Å²) < 4.78 is 19.1. The summed E-state index contributed by atoms with van der Waals surface area (Å²) in [7, 11) is 0. The lowest BCUT2D eigenvalue weighted by atomic mass is 9.93. The van der Waals surface area contributed by atoms with Crippen molar-refractivity contribution >= 4 is 5.69 Å². The molecule has 24 heavy (non-hydrogen) atoms. The second-order valence-electron chi connectivity index (χ2n) is 6.63. The molecule has 1 aliphatic heterocycles. The average molecular weight is 326 g/mol. The van der Waals surface area contributed by atoms with Gasteiger partial charge in [-0.2, -0.15) is 5.26 Å². The van der Waals surface area contributed by atoms with Gasteiger partial charge in [0.1, 0.15) is 17.2 Å². The molecule has 0 aromatic heterocycles. The minimum Gasteiger partial charge on any atom is -0.487 e. The number of anilines is 1. The topological polar surface area (TPSA) is 65.3 Å². The van der Waals surface area contributed by atoms with Gasteiger partial charge in [0.05, 0.1) is 23.8 Å². The van der Waals surface area contributed by atoms with Crippen LogP contribution in [-0.4, -0.2) is 16.8 Å². The first-order chi connectivity index (χ1) is 11.4. The van der Waals surface area contributed by atoms with Crippen LogP contribution in [0.25, 0.3) is 0 Å². The third-order valence-electron chi connectivity index (χ3n) is 4.11. The Morgan fingerprint density at radius 3 is 2.62 bits per heavy atom. The standard InChI is InChI=1S/C19H19FN2O2/c1-19(2)10-16(23)18(22-14-6-4-13(20)5-7-14)15-9-12(11-21)3-8-17(15)24-19/h3-9,16,18,22-23H,10H2,1-2H3. The maximum Gasteiger partial charge on any atom is 0.125 e. The summed E-state index contributed by atoms with van der Waals surface area (Å²) in [6, 6.07) is 12.8. The number of aliphatic hydroxyl groups is 1. The summed E-state index contributed by atoms with van der Waals surface area (Å²) in [5, 5.41) is 23.1. The van der Waals surface area contributed by atoms with Gasteiger partial charge in [0.25, 0.3) is 0 Å². The molecule has 4 nitrogen and oxygen atoms in total. The lowest BCUT2D eigenvalue weighted by Crippen LogP contribution is -2.34. The lowest BCUT2D eigenvalue weighted by molar-refractivity contribution is 0.0440. The van der Waals surface area contributed by atoms with Gasteiger partial charge in [-0.15, -0.1) is 0 Å². The third-order valence-corrected chi connectivity index (χ3v) is 4.11. The minimum atomic E-state index is -0.722. The van der Waals surface area contributed by atoms with E-state index in [9.17, 15) is 9.50 Å². The number of benzene rings is 2. The van der Waals surface area contributed by atoms with E-state index in [-0.39, 0.29) is 5.82 Å². The average Bonchev–Trinajstić information content (AvgIpc) is 2.62. The highest BCUT2D eigenvalue weighted by Crippen LogP contribution is 2.39. The monoisotopic (exact) mass is 326 g/mol.